The minimum Gasteiger partial charge on any atom is -0.383 e. The van der Waals surface area contributed by atoms with Crippen LogP contribution in [-0.4, -0.2) is 57.8 Å². The summed E-state index contributed by atoms with van der Waals surface area (Å²) >= 11 is 0. The van der Waals surface area contributed by atoms with E-state index in [0.717, 1.165) is 26.4 Å². The molecule has 0 aromatic carbocycles. The number of methoxy groups -OCH3 is 1. The van der Waals surface area contributed by atoms with E-state index in [0.29, 0.717) is 12.0 Å². The van der Waals surface area contributed by atoms with Crippen LogP contribution >= 0.6 is 0 Å². The fraction of sp³-hybridized carbons (Fsp3) is 1.00. The van der Waals surface area contributed by atoms with Crippen molar-refractivity contribution in [2.24, 2.45) is 5.92 Å². The van der Waals surface area contributed by atoms with E-state index in [9.17, 15) is 0 Å². The summed E-state index contributed by atoms with van der Waals surface area (Å²) in [6.45, 7) is 7.40. The third-order valence-corrected chi connectivity index (χ3v) is 2.72. The maximum atomic E-state index is 5.65. The van der Waals surface area contributed by atoms with E-state index >= 15 is 0 Å². The van der Waals surface area contributed by atoms with Crippen molar-refractivity contribution in [3.63, 3.8) is 0 Å². The molecular formula is C11H23NO3. The molecule has 1 aliphatic heterocycles. The molecule has 0 unspecified atom stereocenters. The monoisotopic (exact) mass is 217 g/mol. The molecule has 0 N–H and O–H groups in total. The highest BCUT2D eigenvalue weighted by molar-refractivity contribution is 4.72. The predicted molar refractivity (Wildman–Crippen MR) is 58.8 cm³/mol. The van der Waals surface area contributed by atoms with Gasteiger partial charge in [-0.05, 0) is 7.05 Å². The van der Waals surface area contributed by atoms with Crippen LogP contribution in [0.15, 0.2) is 0 Å². The highest BCUT2D eigenvalue weighted by Gasteiger charge is 2.26. The van der Waals surface area contributed by atoms with Crippen LogP contribution in [0.4, 0.5) is 0 Å². The maximum absolute atomic E-state index is 5.65. The molecule has 0 bridgehead atoms. The van der Waals surface area contributed by atoms with Crippen molar-refractivity contribution >= 4 is 0 Å². The van der Waals surface area contributed by atoms with E-state index in [-0.39, 0.29) is 6.29 Å². The van der Waals surface area contributed by atoms with Gasteiger partial charge in [-0.15, -0.1) is 0 Å². The molecule has 0 atom stereocenters. The van der Waals surface area contributed by atoms with Gasteiger partial charge < -0.3 is 14.2 Å². The van der Waals surface area contributed by atoms with Crippen molar-refractivity contribution in [1.82, 2.24) is 4.90 Å². The first-order valence-corrected chi connectivity index (χ1v) is 5.57. The molecule has 0 aromatic heterocycles. The van der Waals surface area contributed by atoms with E-state index in [1.54, 1.807) is 7.11 Å². The number of hydrogen-bond donors (Lipinski definition) is 0. The van der Waals surface area contributed by atoms with Crippen LogP contribution in [0.3, 0.4) is 0 Å². The zero-order valence-corrected chi connectivity index (χ0v) is 10.2. The highest BCUT2D eigenvalue weighted by atomic mass is 16.7. The lowest BCUT2D eigenvalue weighted by Gasteiger charge is -2.36. The Morgan fingerprint density at radius 1 is 1.33 bits per heavy atom. The summed E-state index contributed by atoms with van der Waals surface area (Å²) in [6, 6.07) is 0.357. The van der Waals surface area contributed by atoms with Crippen molar-refractivity contribution in [2.75, 3.05) is 40.5 Å². The topological polar surface area (TPSA) is 30.9 Å². The molecule has 90 valence electrons. The van der Waals surface area contributed by atoms with Crippen LogP contribution < -0.4 is 0 Å². The van der Waals surface area contributed by atoms with Crippen LogP contribution in [0.25, 0.3) is 0 Å². The second kappa shape index (κ2) is 6.43. The van der Waals surface area contributed by atoms with Gasteiger partial charge in [-0.2, -0.15) is 0 Å². The number of nitrogens with zero attached hydrogens (tertiary/aromatic N) is 1. The van der Waals surface area contributed by atoms with Gasteiger partial charge in [0.15, 0.2) is 6.29 Å². The van der Waals surface area contributed by atoms with E-state index in [2.05, 4.69) is 25.8 Å². The number of rotatable bonds is 5. The Balaban J connectivity index is 2.24. The standard InChI is InChI=1S/C11H23NO3/c1-9(2)11-14-7-10(8-15-11)12(3)5-6-13-4/h9-11H,5-8H2,1-4H3. The lowest BCUT2D eigenvalue weighted by Crippen LogP contribution is -2.47. The van der Waals surface area contributed by atoms with Gasteiger partial charge in [-0.3, -0.25) is 4.90 Å². The number of likely N-dealkylation sites (N-methyl/N-ethyl adjacent to an activating group) is 1. The van der Waals surface area contributed by atoms with Gasteiger partial charge in [0.1, 0.15) is 0 Å². The Hall–Kier alpha value is -0.160. The van der Waals surface area contributed by atoms with Crippen molar-refractivity contribution in [3.05, 3.63) is 0 Å². The van der Waals surface area contributed by atoms with E-state index in [1.807, 2.05) is 0 Å². The number of ether oxygens (including phenoxy) is 3. The van der Waals surface area contributed by atoms with Crippen molar-refractivity contribution < 1.29 is 14.2 Å². The normalized spacial score (nSPS) is 27.6. The molecule has 0 amide bonds. The first-order chi connectivity index (χ1) is 7.15. The second-order valence-corrected chi connectivity index (χ2v) is 4.41. The maximum Gasteiger partial charge on any atom is 0.159 e. The molecule has 0 radical (unpaired) electrons. The Morgan fingerprint density at radius 3 is 2.40 bits per heavy atom. The van der Waals surface area contributed by atoms with Gasteiger partial charge in [0.2, 0.25) is 0 Å². The van der Waals surface area contributed by atoms with E-state index in [1.165, 1.54) is 0 Å². The summed E-state index contributed by atoms with van der Waals surface area (Å²) in [7, 11) is 3.79. The Bertz CT molecular complexity index is 167. The lowest BCUT2D eigenvalue weighted by atomic mass is 10.2. The zero-order valence-electron chi connectivity index (χ0n) is 10.2. The van der Waals surface area contributed by atoms with Crippen LogP contribution in [0.5, 0.6) is 0 Å². The zero-order chi connectivity index (χ0) is 11.3. The average Bonchev–Trinajstić information content (AvgIpc) is 2.26. The van der Waals surface area contributed by atoms with Crippen molar-refractivity contribution in [3.8, 4) is 0 Å². The smallest absolute Gasteiger partial charge is 0.159 e. The van der Waals surface area contributed by atoms with Gasteiger partial charge >= 0.3 is 0 Å². The Morgan fingerprint density at radius 2 is 1.93 bits per heavy atom. The van der Waals surface area contributed by atoms with E-state index < -0.39 is 0 Å². The van der Waals surface area contributed by atoms with Crippen molar-refractivity contribution in [1.29, 1.82) is 0 Å². The van der Waals surface area contributed by atoms with E-state index in [4.69, 9.17) is 14.2 Å². The molecule has 15 heavy (non-hydrogen) atoms. The second-order valence-electron chi connectivity index (χ2n) is 4.41. The summed E-state index contributed by atoms with van der Waals surface area (Å²) in [5.41, 5.74) is 0. The lowest BCUT2D eigenvalue weighted by molar-refractivity contribution is -0.221. The summed E-state index contributed by atoms with van der Waals surface area (Å²) in [5, 5.41) is 0. The van der Waals surface area contributed by atoms with Crippen LogP contribution in [0.1, 0.15) is 13.8 Å². The van der Waals surface area contributed by atoms with Gasteiger partial charge in [-0.25, -0.2) is 0 Å². The first-order valence-electron chi connectivity index (χ1n) is 5.57. The minimum atomic E-state index is -0.0305. The fourth-order valence-corrected chi connectivity index (χ4v) is 1.57. The first kappa shape index (κ1) is 12.9. The average molecular weight is 217 g/mol. The Kier molecular flexibility index (Phi) is 5.53. The van der Waals surface area contributed by atoms with Crippen LogP contribution in [-0.2, 0) is 14.2 Å². The Labute approximate surface area is 92.5 Å². The molecular weight excluding hydrogens is 194 g/mol. The highest BCUT2D eigenvalue weighted by Crippen LogP contribution is 2.15. The molecule has 1 saturated heterocycles. The SMILES string of the molecule is COCCN(C)C1COC(C(C)C)OC1. The van der Waals surface area contributed by atoms with Crippen molar-refractivity contribution in [2.45, 2.75) is 26.2 Å². The third-order valence-electron chi connectivity index (χ3n) is 2.72. The molecule has 0 aromatic rings. The third kappa shape index (κ3) is 4.07. The molecule has 1 heterocycles. The quantitative estimate of drug-likeness (QED) is 0.686. The largest absolute Gasteiger partial charge is 0.383 e. The fourth-order valence-electron chi connectivity index (χ4n) is 1.57. The van der Waals surface area contributed by atoms with Gasteiger partial charge in [0, 0.05) is 19.6 Å². The van der Waals surface area contributed by atoms with Gasteiger partial charge in [0.05, 0.1) is 25.9 Å². The molecule has 4 nitrogen and oxygen atoms in total. The summed E-state index contributed by atoms with van der Waals surface area (Å²) in [6.07, 6.45) is -0.0305. The van der Waals surface area contributed by atoms with Crippen LogP contribution in [0, 0.1) is 5.92 Å². The molecule has 0 spiro atoms. The van der Waals surface area contributed by atoms with Gasteiger partial charge in [-0.1, -0.05) is 13.8 Å². The molecule has 4 heteroatoms. The van der Waals surface area contributed by atoms with Crippen LogP contribution in [0.2, 0.25) is 0 Å². The van der Waals surface area contributed by atoms with Gasteiger partial charge in [0.25, 0.3) is 0 Å². The minimum absolute atomic E-state index is 0.0305. The predicted octanol–water partition coefficient (Wildman–Crippen LogP) is 0.962. The summed E-state index contributed by atoms with van der Waals surface area (Å²) < 4.78 is 16.3. The molecule has 1 fully saturated rings. The molecule has 1 aliphatic rings. The molecule has 1 rings (SSSR count). The molecule has 0 aliphatic carbocycles. The summed E-state index contributed by atoms with van der Waals surface area (Å²) in [5.74, 6) is 0.426. The molecule has 0 saturated carbocycles. The number of hydrogen-bond acceptors (Lipinski definition) is 4. The summed E-state index contributed by atoms with van der Waals surface area (Å²) in [4.78, 5) is 2.22.